The second kappa shape index (κ2) is 7.40. The molecule has 0 aliphatic carbocycles. The van der Waals surface area contributed by atoms with Gasteiger partial charge in [0, 0.05) is 6.42 Å². The van der Waals surface area contributed by atoms with E-state index in [9.17, 15) is 9.18 Å². The van der Waals surface area contributed by atoms with E-state index in [1.165, 1.54) is 23.5 Å². The van der Waals surface area contributed by atoms with E-state index in [1.54, 1.807) is 19.1 Å². The largest absolute Gasteiger partial charge is 0.464 e. The zero-order chi connectivity index (χ0) is 16.9. The highest BCUT2D eigenvalue weighted by atomic mass is 32.1. The van der Waals surface area contributed by atoms with E-state index in [1.807, 2.05) is 24.3 Å². The molecule has 0 amide bonds. The van der Waals surface area contributed by atoms with Gasteiger partial charge < -0.3 is 10.1 Å². The van der Waals surface area contributed by atoms with Crippen LogP contribution in [-0.2, 0) is 16.0 Å². The summed E-state index contributed by atoms with van der Waals surface area (Å²) in [5.41, 5.74) is 1.73. The second-order valence-corrected chi connectivity index (χ2v) is 6.30. The number of hydrogen-bond acceptors (Lipinski definition) is 5. The van der Waals surface area contributed by atoms with Gasteiger partial charge in [0.1, 0.15) is 11.9 Å². The van der Waals surface area contributed by atoms with Gasteiger partial charge in [0.15, 0.2) is 5.13 Å². The maximum absolute atomic E-state index is 13.1. The van der Waals surface area contributed by atoms with E-state index in [0.717, 1.165) is 15.8 Å². The number of aromatic nitrogens is 1. The lowest BCUT2D eigenvalue weighted by Crippen LogP contribution is -2.33. The van der Waals surface area contributed by atoms with Crippen LogP contribution < -0.4 is 5.32 Å². The molecule has 0 aliphatic heterocycles. The Bertz CT molecular complexity index is 799. The third kappa shape index (κ3) is 3.89. The summed E-state index contributed by atoms with van der Waals surface area (Å²) in [6.45, 7) is 2.07. The molecule has 3 rings (SSSR count). The fourth-order valence-corrected chi connectivity index (χ4v) is 3.29. The fourth-order valence-electron chi connectivity index (χ4n) is 2.38. The van der Waals surface area contributed by atoms with E-state index in [4.69, 9.17) is 4.74 Å². The number of ether oxygens (including phenoxy) is 1. The normalized spacial score (nSPS) is 12.1. The number of thiazole rings is 1. The first-order valence-electron chi connectivity index (χ1n) is 7.69. The molecule has 1 atom stereocenters. The summed E-state index contributed by atoms with van der Waals surface area (Å²) in [7, 11) is 0. The molecule has 124 valence electrons. The topological polar surface area (TPSA) is 51.2 Å². The molecule has 24 heavy (non-hydrogen) atoms. The number of esters is 1. The van der Waals surface area contributed by atoms with E-state index in [-0.39, 0.29) is 11.8 Å². The molecule has 0 saturated heterocycles. The smallest absolute Gasteiger partial charge is 0.328 e. The lowest BCUT2D eigenvalue weighted by Gasteiger charge is -2.16. The van der Waals surface area contributed by atoms with Gasteiger partial charge in [0.25, 0.3) is 0 Å². The van der Waals surface area contributed by atoms with E-state index >= 15 is 0 Å². The third-order valence-corrected chi connectivity index (χ3v) is 4.48. The van der Waals surface area contributed by atoms with Gasteiger partial charge in [0.2, 0.25) is 0 Å². The molecule has 0 bridgehead atoms. The number of carbonyl (C=O) groups excluding carboxylic acids is 1. The van der Waals surface area contributed by atoms with Crippen molar-refractivity contribution in [2.45, 2.75) is 19.4 Å². The van der Waals surface area contributed by atoms with Crippen molar-refractivity contribution in [3.63, 3.8) is 0 Å². The van der Waals surface area contributed by atoms with Crippen molar-refractivity contribution < 1.29 is 13.9 Å². The lowest BCUT2D eigenvalue weighted by molar-refractivity contribution is -0.144. The number of carbonyl (C=O) groups is 1. The molecule has 0 radical (unpaired) electrons. The predicted molar refractivity (Wildman–Crippen MR) is 93.8 cm³/mol. The molecule has 4 nitrogen and oxygen atoms in total. The zero-order valence-corrected chi connectivity index (χ0v) is 14.0. The Morgan fingerprint density at radius 3 is 2.71 bits per heavy atom. The summed E-state index contributed by atoms with van der Waals surface area (Å²) >= 11 is 1.48. The quantitative estimate of drug-likeness (QED) is 0.686. The van der Waals surface area contributed by atoms with Gasteiger partial charge in [-0.1, -0.05) is 35.6 Å². The number of anilines is 1. The van der Waals surface area contributed by atoms with Crippen LogP contribution in [0.15, 0.2) is 48.5 Å². The Labute approximate surface area is 143 Å². The highest BCUT2D eigenvalue weighted by molar-refractivity contribution is 7.22. The number of hydrogen-bond donors (Lipinski definition) is 1. The highest BCUT2D eigenvalue weighted by Gasteiger charge is 2.21. The first kappa shape index (κ1) is 16.4. The average Bonchev–Trinajstić information content (AvgIpc) is 2.99. The summed E-state index contributed by atoms with van der Waals surface area (Å²) in [5.74, 6) is -0.647. The Morgan fingerprint density at radius 2 is 2.00 bits per heavy atom. The van der Waals surface area contributed by atoms with E-state index in [2.05, 4.69) is 10.3 Å². The minimum absolute atomic E-state index is 0.300. The molecule has 2 aromatic carbocycles. The van der Waals surface area contributed by atoms with Crippen LogP contribution in [0.3, 0.4) is 0 Å². The number of nitrogens with one attached hydrogen (secondary N) is 1. The minimum Gasteiger partial charge on any atom is -0.464 e. The molecule has 1 unspecified atom stereocenters. The summed E-state index contributed by atoms with van der Waals surface area (Å²) in [5, 5.41) is 3.82. The van der Waals surface area contributed by atoms with Gasteiger partial charge in [0.05, 0.1) is 16.8 Å². The minimum atomic E-state index is -0.573. The van der Waals surface area contributed by atoms with Crippen LogP contribution in [0.2, 0.25) is 0 Å². The Morgan fingerprint density at radius 1 is 1.25 bits per heavy atom. The fraction of sp³-hybridized carbons (Fsp3) is 0.222. The summed E-state index contributed by atoms with van der Waals surface area (Å²) in [4.78, 5) is 16.7. The van der Waals surface area contributed by atoms with Gasteiger partial charge in [-0.05, 0) is 36.8 Å². The van der Waals surface area contributed by atoms with Crippen LogP contribution in [-0.4, -0.2) is 23.6 Å². The predicted octanol–water partition coefficient (Wildman–Crippen LogP) is 4.02. The standard InChI is InChI=1S/C18H17FN2O2S/c1-2-23-17(22)15(11-12-7-9-13(19)10-8-12)21-18-20-14-5-3-4-6-16(14)24-18/h3-10,15H,2,11H2,1H3,(H,20,21). The van der Waals surface area contributed by atoms with Crippen molar-refractivity contribution in [3.8, 4) is 0 Å². The van der Waals surface area contributed by atoms with Crippen LogP contribution >= 0.6 is 11.3 Å². The number of rotatable bonds is 6. The monoisotopic (exact) mass is 344 g/mol. The second-order valence-electron chi connectivity index (χ2n) is 5.27. The maximum atomic E-state index is 13.1. The Kier molecular flexibility index (Phi) is 5.05. The van der Waals surface area contributed by atoms with E-state index in [0.29, 0.717) is 18.2 Å². The number of para-hydroxylation sites is 1. The maximum Gasteiger partial charge on any atom is 0.328 e. The van der Waals surface area contributed by atoms with Gasteiger partial charge in [-0.15, -0.1) is 0 Å². The van der Waals surface area contributed by atoms with Crippen LogP contribution in [0.5, 0.6) is 0 Å². The highest BCUT2D eigenvalue weighted by Crippen LogP contribution is 2.26. The van der Waals surface area contributed by atoms with Crippen molar-refractivity contribution >= 4 is 32.7 Å². The molecule has 0 saturated carbocycles. The van der Waals surface area contributed by atoms with Crippen molar-refractivity contribution in [2.24, 2.45) is 0 Å². The molecular formula is C18H17FN2O2S. The lowest BCUT2D eigenvalue weighted by atomic mass is 10.1. The van der Waals surface area contributed by atoms with Crippen molar-refractivity contribution in [2.75, 3.05) is 11.9 Å². The Hall–Kier alpha value is -2.47. The summed E-state index contributed by atoms with van der Waals surface area (Å²) < 4.78 is 19.2. The van der Waals surface area contributed by atoms with E-state index < -0.39 is 6.04 Å². The number of halogens is 1. The number of nitrogens with zero attached hydrogens (tertiary/aromatic N) is 1. The molecule has 3 aromatic rings. The molecule has 0 fully saturated rings. The molecule has 1 N–H and O–H groups in total. The number of fused-ring (bicyclic) bond motifs is 1. The average molecular weight is 344 g/mol. The molecule has 0 aliphatic rings. The zero-order valence-electron chi connectivity index (χ0n) is 13.2. The first-order valence-corrected chi connectivity index (χ1v) is 8.50. The first-order chi connectivity index (χ1) is 11.7. The Balaban J connectivity index is 1.81. The van der Waals surface area contributed by atoms with Crippen LogP contribution in [0.25, 0.3) is 10.2 Å². The molecule has 1 aromatic heterocycles. The van der Waals surface area contributed by atoms with Crippen LogP contribution in [0.1, 0.15) is 12.5 Å². The van der Waals surface area contributed by atoms with Crippen LogP contribution in [0.4, 0.5) is 9.52 Å². The number of benzene rings is 2. The van der Waals surface area contributed by atoms with Gasteiger partial charge in [-0.25, -0.2) is 14.2 Å². The molecule has 0 spiro atoms. The summed E-state index contributed by atoms with van der Waals surface area (Å²) in [6.07, 6.45) is 0.398. The van der Waals surface area contributed by atoms with Gasteiger partial charge >= 0.3 is 5.97 Å². The summed E-state index contributed by atoms with van der Waals surface area (Å²) in [6, 6.07) is 13.3. The van der Waals surface area contributed by atoms with Crippen LogP contribution in [0, 0.1) is 5.82 Å². The molecule has 6 heteroatoms. The van der Waals surface area contributed by atoms with Crippen molar-refractivity contribution in [1.29, 1.82) is 0 Å². The molecular weight excluding hydrogens is 327 g/mol. The van der Waals surface area contributed by atoms with Crippen molar-refractivity contribution in [3.05, 3.63) is 59.9 Å². The molecule has 1 heterocycles. The SMILES string of the molecule is CCOC(=O)C(Cc1ccc(F)cc1)Nc1nc2ccccc2s1. The van der Waals surface area contributed by atoms with Crippen molar-refractivity contribution in [1.82, 2.24) is 4.98 Å². The van der Waals surface area contributed by atoms with Gasteiger partial charge in [-0.2, -0.15) is 0 Å². The third-order valence-electron chi connectivity index (χ3n) is 3.52. The van der Waals surface area contributed by atoms with Gasteiger partial charge in [-0.3, -0.25) is 0 Å².